The summed E-state index contributed by atoms with van der Waals surface area (Å²) < 4.78 is 1.70. The Balaban J connectivity index is 2.35. The van der Waals surface area contributed by atoms with Gasteiger partial charge in [-0.3, -0.25) is 4.79 Å². The minimum Gasteiger partial charge on any atom is -0.480 e. The third-order valence-electron chi connectivity index (χ3n) is 3.95. The average molecular weight is 319 g/mol. The molecule has 1 heterocycles. The molecule has 0 fully saturated rings. The number of fused-ring (bicyclic) bond motifs is 1. The molecule has 1 aromatic carbocycles. The fourth-order valence-electron chi connectivity index (χ4n) is 2.82. The quantitative estimate of drug-likeness (QED) is 0.576. The van der Waals surface area contributed by atoms with E-state index < -0.39 is 18.0 Å². The van der Waals surface area contributed by atoms with Crippen LogP contribution in [0.2, 0.25) is 0 Å². The zero-order valence-electron chi connectivity index (χ0n) is 12.7. The van der Waals surface area contributed by atoms with E-state index in [9.17, 15) is 14.7 Å². The second-order valence-corrected chi connectivity index (χ2v) is 5.63. The molecule has 2 rings (SSSR count). The molecule has 7 heteroatoms. The zero-order valence-corrected chi connectivity index (χ0v) is 12.7. The van der Waals surface area contributed by atoms with E-state index in [0.717, 1.165) is 10.9 Å². The van der Waals surface area contributed by atoms with Gasteiger partial charge in [-0.2, -0.15) is 0 Å². The van der Waals surface area contributed by atoms with E-state index in [1.54, 1.807) is 10.6 Å². The van der Waals surface area contributed by atoms with Crippen molar-refractivity contribution in [2.75, 3.05) is 6.54 Å². The fourth-order valence-corrected chi connectivity index (χ4v) is 2.82. The number of aliphatic carboxylic acids is 1. The summed E-state index contributed by atoms with van der Waals surface area (Å²) in [5.74, 6) is -2.20. The van der Waals surface area contributed by atoms with Gasteiger partial charge in [-0.05, 0) is 37.4 Å². The number of para-hydroxylation sites is 1. The number of nitrogens with two attached hydrogens (primary N) is 2. The lowest BCUT2D eigenvalue weighted by molar-refractivity contribution is -0.139. The Bertz CT molecular complexity index is 710. The van der Waals surface area contributed by atoms with Crippen molar-refractivity contribution in [2.24, 2.45) is 17.4 Å². The van der Waals surface area contributed by atoms with Crippen molar-refractivity contribution in [3.63, 3.8) is 0 Å². The normalized spacial score (nSPS) is 13.8. The van der Waals surface area contributed by atoms with Gasteiger partial charge in [-0.25, -0.2) is 4.79 Å². The molecule has 0 aliphatic rings. The molecule has 2 aromatic rings. The van der Waals surface area contributed by atoms with Crippen molar-refractivity contribution in [2.45, 2.75) is 25.4 Å². The molecular weight excluding hydrogens is 298 g/mol. The van der Waals surface area contributed by atoms with Gasteiger partial charge in [0.05, 0.1) is 0 Å². The summed E-state index contributed by atoms with van der Waals surface area (Å²) in [6.45, 7) is 0.756. The molecule has 0 amide bonds. The topological polar surface area (TPSA) is 132 Å². The van der Waals surface area contributed by atoms with Crippen LogP contribution in [0.3, 0.4) is 0 Å². The van der Waals surface area contributed by atoms with Gasteiger partial charge in [0.25, 0.3) is 0 Å². The molecule has 6 N–H and O–H groups in total. The molecule has 0 spiro atoms. The molecule has 0 saturated heterocycles. The molecular formula is C16H21N3O4. The molecule has 2 atom stereocenters. The summed E-state index contributed by atoms with van der Waals surface area (Å²) in [6, 6.07) is 8.01. The zero-order chi connectivity index (χ0) is 17.0. The van der Waals surface area contributed by atoms with Gasteiger partial charge in [-0.1, -0.05) is 18.2 Å². The summed E-state index contributed by atoms with van der Waals surface area (Å²) in [4.78, 5) is 22.5. The molecule has 0 radical (unpaired) electrons. The SMILES string of the molecule is NCCC(C[C@H](N)C(=O)O)Cn1c(C(=O)O)cc2ccccc21. The highest BCUT2D eigenvalue weighted by Crippen LogP contribution is 2.23. The molecule has 23 heavy (non-hydrogen) atoms. The number of rotatable bonds is 8. The number of aromatic nitrogens is 1. The first kappa shape index (κ1) is 17.0. The molecule has 1 unspecified atom stereocenters. The lowest BCUT2D eigenvalue weighted by Gasteiger charge is -2.20. The monoisotopic (exact) mass is 319 g/mol. The van der Waals surface area contributed by atoms with Crippen LogP contribution in [0.5, 0.6) is 0 Å². The Morgan fingerprint density at radius 3 is 2.52 bits per heavy atom. The molecule has 1 aromatic heterocycles. The lowest BCUT2D eigenvalue weighted by Crippen LogP contribution is -2.34. The highest BCUT2D eigenvalue weighted by atomic mass is 16.4. The Labute approximate surface area is 133 Å². The summed E-state index contributed by atoms with van der Waals surface area (Å²) in [5, 5.41) is 19.2. The number of carboxylic acid groups (broad SMARTS) is 2. The molecule has 0 aliphatic heterocycles. The summed E-state index contributed by atoms with van der Waals surface area (Å²) in [7, 11) is 0. The lowest BCUT2D eigenvalue weighted by atomic mass is 9.96. The maximum Gasteiger partial charge on any atom is 0.352 e. The minimum atomic E-state index is -1.07. The van der Waals surface area contributed by atoms with Crippen molar-refractivity contribution in [3.05, 3.63) is 36.0 Å². The minimum absolute atomic E-state index is 0.111. The third kappa shape index (κ3) is 3.88. The van der Waals surface area contributed by atoms with Crippen LogP contribution in [0, 0.1) is 5.92 Å². The molecule has 0 aliphatic carbocycles. The van der Waals surface area contributed by atoms with Crippen LogP contribution < -0.4 is 11.5 Å². The highest BCUT2D eigenvalue weighted by Gasteiger charge is 2.22. The van der Waals surface area contributed by atoms with E-state index in [1.807, 2.05) is 24.3 Å². The van der Waals surface area contributed by atoms with Crippen molar-refractivity contribution >= 4 is 22.8 Å². The van der Waals surface area contributed by atoms with E-state index in [4.69, 9.17) is 16.6 Å². The maximum atomic E-state index is 11.5. The number of hydrogen-bond donors (Lipinski definition) is 4. The van der Waals surface area contributed by atoms with Crippen LogP contribution in [0.15, 0.2) is 30.3 Å². The van der Waals surface area contributed by atoms with Crippen LogP contribution >= 0.6 is 0 Å². The number of carboxylic acids is 2. The molecule has 7 nitrogen and oxygen atoms in total. The van der Waals surface area contributed by atoms with Gasteiger partial charge in [0.1, 0.15) is 11.7 Å². The predicted molar refractivity (Wildman–Crippen MR) is 86.3 cm³/mol. The van der Waals surface area contributed by atoms with Gasteiger partial charge in [0.15, 0.2) is 0 Å². The van der Waals surface area contributed by atoms with Gasteiger partial charge in [0, 0.05) is 17.4 Å². The van der Waals surface area contributed by atoms with Crippen molar-refractivity contribution in [1.29, 1.82) is 0 Å². The van der Waals surface area contributed by atoms with E-state index >= 15 is 0 Å². The van der Waals surface area contributed by atoms with E-state index in [1.165, 1.54) is 0 Å². The van der Waals surface area contributed by atoms with Gasteiger partial charge in [0.2, 0.25) is 0 Å². The van der Waals surface area contributed by atoms with Crippen LogP contribution in [0.4, 0.5) is 0 Å². The molecule has 124 valence electrons. The first-order valence-electron chi connectivity index (χ1n) is 7.44. The largest absolute Gasteiger partial charge is 0.480 e. The molecule has 0 saturated carbocycles. The summed E-state index contributed by atoms with van der Waals surface area (Å²) >= 11 is 0. The smallest absolute Gasteiger partial charge is 0.352 e. The van der Waals surface area contributed by atoms with Gasteiger partial charge < -0.3 is 26.2 Å². The van der Waals surface area contributed by atoms with Crippen LogP contribution in [-0.2, 0) is 11.3 Å². The van der Waals surface area contributed by atoms with Crippen molar-refractivity contribution in [3.8, 4) is 0 Å². The third-order valence-corrected chi connectivity index (χ3v) is 3.95. The van der Waals surface area contributed by atoms with Crippen molar-refractivity contribution < 1.29 is 19.8 Å². The van der Waals surface area contributed by atoms with E-state index in [0.29, 0.717) is 19.5 Å². The maximum absolute atomic E-state index is 11.5. The van der Waals surface area contributed by atoms with Crippen LogP contribution in [0.25, 0.3) is 10.9 Å². The number of aromatic carboxylic acids is 1. The second kappa shape index (κ2) is 7.26. The molecule has 0 bridgehead atoms. The first-order valence-corrected chi connectivity index (χ1v) is 7.44. The number of carbonyl (C=O) groups is 2. The number of hydrogen-bond acceptors (Lipinski definition) is 4. The van der Waals surface area contributed by atoms with E-state index in [2.05, 4.69) is 0 Å². The van der Waals surface area contributed by atoms with Crippen LogP contribution in [-0.4, -0.2) is 39.3 Å². The Morgan fingerprint density at radius 2 is 1.91 bits per heavy atom. The van der Waals surface area contributed by atoms with Gasteiger partial charge >= 0.3 is 11.9 Å². The predicted octanol–water partition coefficient (Wildman–Crippen LogP) is 1.11. The standard InChI is InChI=1S/C16H21N3O4/c17-6-5-10(7-12(18)15(20)21)9-19-13-4-2-1-3-11(13)8-14(19)16(22)23/h1-4,8,10,12H,5-7,9,17-18H2,(H,20,21)(H,22,23)/t10?,12-/m0/s1. The number of nitrogens with zero attached hydrogens (tertiary/aromatic N) is 1. The summed E-state index contributed by atoms with van der Waals surface area (Å²) in [6.07, 6.45) is 0.824. The Kier molecular flexibility index (Phi) is 5.36. The van der Waals surface area contributed by atoms with E-state index in [-0.39, 0.29) is 18.0 Å². The first-order chi connectivity index (χ1) is 10.9. The Morgan fingerprint density at radius 1 is 1.22 bits per heavy atom. The summed E-state index contributed by atoms with van der Waals surface area (Å²) in [5.41, 5.74) is 12.2. The highest BCUT2D eigenvalue weighted by molar-refractivity contribution is 5.94. The number of benzene rings is 1. The van der Waals surface area contributed by atoms with Crippen LogP contribution in [0.1, 0.15) is 23.3 Å². The average Bonchev–Trinajstić information content (AvgIpc) is 2.86. The fraction of sp³-hybridized carbons (Fsp3) is 0.375. The Hall–Kier alpha value is -2.38. The second-order valence-electron chi connectivity index (χ2n) is 5.63. The van der Waals surface area contributed by atoms with Gasteiger partial charge in [-0.15, -0.1) is 0 Å². The van der Waals surface area contributed by atoms with Crippen molar-refractivity contribution in [1.82, 2.24) is 4.57 Å².